The second-order valence-electron chi connectivity index (χ2n) is 4.22. The maximum atomic E-state index is 14.0. The Morgan fingerprint density at radius 3 is 2.00 bits per heavy atom. The van der Waals surface area contributed by atoms with Gasteiger partial charge >= 0.3 is 0 Å². The molecule has 0 amide bonds. The molecule has 0 aromatic rings. The van der Waals surface area contributed by atoms with Crippen LogP contribution in [0.5, 0.6) is 0 Å². The molecule has 0 aromatic heterocycles. The first-order valence-electron chi connectivity index (χ1n) is 5.00. The van der Waals surface area contributed by atoms with Crippen molar-refractivity contribution >= 4 is 0 Å². The Hall–Kier alpha value is -0.0700. The Balaban J connectivity index is 2.00. The quantitative estimate of drug-likeness (QED) is 0.545. The number of rotatable bonds is 1. The van der Waals surface area contributed by atoms with Crippen LogP contribution in [-0.2, 0) is 0 Å². The van der Waals surface area contributed by atoms with Gasteiger partial charge in [-0.1, -0.05) is 25.7 Å². The normalized spacial score (nSPS) is 31.4. The van der Waals surface area contributed by atoms with E-state index >= 15 is 0 Å². The molecule has 0 unspecified atom stereocenters. The van der Waals surface area contributed by atoms with E-state index in [1.807, 2.05) is 0 Å². The van der Waals surface area contributed by atoms with E-state index in [-0.39, 0.29) is 0 Å². The average Bonchev–Trinajstić information content (AvgIpc) is 2.55. The summed E-state index contributed by atoms with van der Waals surface area (Å²) in [6, 6.07) is 0. The standard InChI is InChI=1S/C10H17F/c11-10(7-3-4-8-10)9-5-1-2-6-9/h9H,1-8H2. The van der Waals surface area contributed by atoms with Gasteiger partial charge in [-0.15, -0.1) is 0 Å². The summed E-state index contributed by atoms with van der Waals surface area (Å²) in [6.45, 7) is 0. The van der Waals surface area contributed by atoms with E-state index in [9.17, 15) is 4.39 Å². The predicted molar refractivity (Wildman–Crippen MR) is 44.3 cm³/mol. The second-order valence-corrected chi connectivity index (χ2v) is 4.22. The number of halogens is 1. The van der Waals surface area contributed by atoms with Crippen LogP contribution in [0, 0.1) is 5.92 Å². The van der Waals surface area contributed by atoms with Crippen molar-refractivity contribution in [3.63, 3.8) is 0 Å². The lowest BCUT2D eigenvalue weighted by Crippen LogP contribution is -2.27. The highest BCUT2D eigenvalue weighted by atomic mass is 19.1. The van der Waals surface area contributed by atoms with E-state index in [4.69, 9.17) is 0 Å². The van der Waals surface area contributed by atoms with Crippen molar-refractivity contribution in [1.82, 2.24) is 0 Å². The lowest BCUT2D eigenvalue weighted by Gasteiger charge is -2.26. The number of alkyl halides is 1. The van der Waals surface area contributed by atoms with Gasteiger partial charge in [0.15, 0.2) is 0 Å². The minimum Gasteiger partial charge on any atom is -0.244 e. The van der Waals surface area contributed by atoms with Crippen LogP contribution in [-0.4, -0.2) is 5.67 Å². The third-order valence-corrected chi connectivity index (χ3v) is 3.52. The highest BCUT2D eigenvalue weighted by molar-refractivity contribution is 4.93. The van der Waals surface area contributed by atoms with E-state index in [1.165, 1.54) is 12.8 Å². The van der Waals surface area contributed by atoms with E-state index in [0.717, 1.165) is 38.5 Å². The smallest absolute Gasteiger partial charge is 0.113 e. The van der Waals surface area contributed by atoms with Crippen LogP contribution in [0.1, 0.15) is 51.4 Å². The molecule has 1 heteroatoms. The van der Waals surface area contributed by atoms with E-state index < -0.39 is 5.67 Å². The molecule has 0 bridgehead atoms. The van der Waals surface area contributed by atoms with Crippen LogP contribution in [0.15, 0.2) is 0 Å². The lowest BCUT2D eigenvalue weighted by atomic mass is 9.86. The van der Waals surface area contributed by atoms with Gasteiger partial charge in [-0.05, 0) is 31.6 Å². The Morgan fingerprint density at radius 2 is 1.45 bits per heavy atom. The number of hydrogen-bond donors (Lipinski definition) is 0. The fraction of sp³-hybridized carbons (Fsp3) is 1.00. The van der Waals surface area contributed by atoms with Crippen LogP contribution in [0.25, 0.3) is 0 Å². The van der Waals surface area contributed by atoms with E-state index in [0.29, 0.717) is 5.92 Å². The highest BCUT2D eigenvalue weighted by Crippen LogP contribution is 2.46. The van der Waals surface area contributed by atoms with Crippen molar-refractivity contribution < 1.29 is 4.39 Å². The van der Waals surface area contributed by atoms with Gasteiger partial charge < -0.3 is 0 Å². The summed E-state index contributed by atoms with van der Waals surface area (Å²) in [5.41, 5.74) is -0.726. The molecule has 2 saturated carbocycles. The van der Waals surface area contributed by atoms with Crippen molar-refractivity contribution in [3.8, 4) is 0 Å². The SMILES string of the molecule is FC1(C2CCCC2)CCCC1. The Bertz CT molecular complexity index is 130. The molecule has 0 heterocycles. The number of hydrogen-bond acceptors (Lipinski definition) is 0. The molecule has 2 aliphatic carbocycles. The van der Waals surface area contributed by atoms with Gasteiger partial charge in [0.1, 0.15) is 5.67 Å². The van der Waals surface area contributed by atoms with Gasteiger partial charge in [0.25, 0.3) is 0 Å². The minimum atomic E-state index is -0.726. The maximum absolute atomic E-state index is 14.0. The molecule has 11 heavy (non-hydrogen) atoms. The molecule has 0 radical (unpaired) electrons. The third-order valence-electron chi connectivity index (χ3n) is 3.52. The van der Waals surface area contributed by atoms with Crippen LogP contribution in [0.4, 0.5) is 4.39 Å². The molecule has 0 aromatic carbocycles. The van der Waals surface area contributed by atoms with Gasteiger partial charge in [0.05, 0.1) is 0 Å². The molecule has 2 rings (SSSR count). The molecule has 0 atom stereocenters. The fourth-order valence-electron chi connectivity index (χ4n) is 2.81. The van der Waals surface area contributed by atoms with Crippen molar-refractivity contribution in [2.75, 3.05) is 0 Å². The summed E-state index contributed by atoms with van der Waals surface area (Å²) in [7, 11) is 0. The lowest BCUT2D eigenvalue weighted by molar-refractivity contribution is 0.0915. The largest absolute Gasteiger partial charge is 0.244 e. The molecule has 0 saturated heterocycles. The molecule has 0 nitrogen and oxygen atoms in total. The zero-order valence-electron chi connectivity index (χ0n) is 7.11. The minimum absolute atomic E-state index is 0.435. The molecule has 64 valence electrons. The van der Waals surface area contributed by atoms with Gasteiger partial charge in [-0.3, -0.25) is 0 Å². The van der Waals surface area contributed by atoms with Crippen molar-refractivity contribution in [2.45, 2.75) is 57.0 Å². The molecule has 2 aliphatic rings. The average molecular weight is 156 g/mol. The Kier molecular flexibility index (Phi) is 1.90. The summed E-state index contributed by atoms with van der Waals surface area (Å²) in [4.78, 5) is 0. The first-order valence-corrected chi connectivity index (χ1v) is 5.00. The molecule has 2 fully saturated rings. The van der Waals surface area contributed by atoms with Crippen molar-refractivity contribution in [2.24, 2.45) is 5.92 Å². The topological polar surface area (TPSA) is 0 Å². The summed E-state index contributed by atoms with van der Waals surface area (Å²) < 4.78 is 14.0. The summed E-state index contributed by atoms with van der Waals surface area (Å²) in [5.74, 6) is 0.435. The van der Waals surface area contributed by atoms with Crippen molar-refractivity contribution in [3.05, 3.63) is 0 Å². The van der Waals surface area contributed by atoms with Crippen LogP contribution < -0.4 is 0 Å². The van der Waals surface area contributed by atoms with Crippen molar-refractivity contribution in [1.29, 1.82) is 0 Å². The van der Waals surface area contributed by atoms with Gasteiger partial charge in [-0.25, -0.2) is 4.39 Å². The molecule has 0 aliphatic heterocycles. The fourth-order valence-corrected chi connectivity index (χ4v) is 2.81. The van der Waals surface area contributed by atoms with Gasteiger partial charge in [-0.2, -0.15) is 0 Å². The third kappa shape index (κ3) is 1.30. The van der Waals surface area contributed by atoms with Crippen LogP contribution in [0.2, 0.25) is 0 Å². The summed E-state index contributed by atoms with van der Waals surface area (Å²) in [6.07, 6.45) is 8.86. The van der Waals surface area contributed by atoms with Crippen LogP contribution >= 0.6 is 0 Å². The zero-order chi connectivity index (χ0) is 7.73. The monoisotopic (exact) mass is 156 g/mol. The zero-order valence-corrected chi connectivity index (χ0v) is 7.11. The summed E-state index contributed by atoms with van der Waals surface area (Å²) in [5, 5.41) is 0. The second kappa shape index (κ2) is 2.76. The summed E-state index contributed by atoms with van der Waals surface area (Å²) >= 11 is 0. The van der Waals surface area contributed by atoms with Gasteiger partial charge in [0, 0.05) is 0 Å². The highest BCUT2D eigenvalue weighted by Gasteiger charge is 2.42. The first kappa shape index (κ1) is 7.57. The molecule has 0 spiro atoms. The first-order chi connectivity index (χ1) is 5.31. The maximum Gasteiger partial charge on any atom is 0.113 e. The van der Waals surface area contributed by atoms with E-state index in [2.05, 4.69) is 0 Å². The molecule has 0 N–H and O–H groups in total. The Morgan fingerprint density at radius 1 is 0.909 bits per heavy atom. The van der Waals surface area contributed by atoms with Crippen LogP contribution in [0.3, 0.4) is 0 Å². The van der Waals surface area contributed by atoms with E-state index in [1.54, 1.807) is 0 Å². The Labute approximate surface area is 68.2 Å². The predicted octanol–water partition coefficient (Wildman–Crippen LogP) is 3.46. The molecular formula is C10H17F. The van der Waals surface area contributed by atoms with Gasteiger partial charge in [0.2, 0.25) is 0 Å². The molecular weight excluding hydrogens is 139 g/mol.